The molecule has 0 bridgehead atoms. The van der Waals surface area contributed by atoms with Gasteiger partial charge in [-0.2, -0.15) is 0 Å². The molecule has 0 aliphatic rings. The quantitative estimate of drug-likeness (QED) is 0.459. The van der Waals surface area contributed by atoms with Gasteiger partial charge in [0.25, 0.3) is 5.56 Å². The number of hydrogen-bond donors (Lipinski definition) is 4. The maximum absolute atomic E-state index is 12.3. The summed E-state index contributed by atoms with van der Waals surface area (Å²) in [5.41, 5.74) is -0.875. The van der Waals surface area contributed by atoms with Crippen molar-refractivity contribution in [3.63, 3.8) is 0 Å². The molecule has 2 unspecified atom stereocenters. The van der Waals surface area contributed by atoms with Crippen LogP contribution in [0.25, 0.3) is 6.20 Å². The maximum Gasteiger partial charge on any atom is 0.332 e. The zero-order valence-corrected chi connectivity index (χ0v) is 15.2. The van der Waals surface area contributed by atoms with Gasteiger partial charge in [0.15, 0.2) is 0 Å². The Bertz CT molecular complexity index is 977. The molecule has 9 nitrogen and oxygen atoms in total. The molecule has 4 N–H and O–H groups in total. The Morgan fingerprint density at radius 1 is 1.33 bits per heavy atom. The van der Waals surface area contributed by atoms with Crippen LogP contribution >= 0.6 is 0 Å². The molecular formula is C17H19N3O6S. The van der Waals surface area contributed by atoms with Gasteiger partial charge < -0.3 is 15.5 Å². The van der Waals surface area contributed by atoms with Crippen LogP contribution in [-0.4, -0.2) is 48.3 Å². The maximum atomic E-state index is 12.3. The van der Waals surface area contributed by atoms with Crippen molar-refractivity contribution in [2.24, 2.45) is 0 Å². The Morgan fingerprint density at radius 2 is 2.00 bits per heavy atom. The van der Waals surface area contributed by atoms with Crippen LogP contribution in [0.2, 0.25) is 0 Å². The number of aromatic amines is 1. The van der Waals surface area contributed by atoms with E-state index in [0.717, 1.165) is 10.6 Å². The molecular weight excluding hydrogens is 374 g/mol. The third-order valence-corrected chi connectivity index (χ3v) is 5.07. The molecule has 1 aromatic carbocycles. The van der Waals surface area contributed by atoms with E-state index in [0.29, 0.717) is 10.6 Å². The minimum Gasteiger partial charge on any atom is -0.508 e. The molecule has 2 atom stereocenters. The zero-order valence-electron chi connectivity index (χ0n) is 14.4. The van der Waals surface area contributed by atoms with Crippen LogP contribution in [0.1, 0.15) is 5.69 Å². The predicted molar refractivity (Wildman–Crippen MR) is 99.8 cm³/mol. The van der Waals surface area contributed by atoms with Gasteiger partial charge in [0, 0.05) is 28.9 Å². The molecule has 10 heteroatoms. The SMILES string of the molecule is Cc1cc(=O)[nH]c(=O)n1C=CC(=O)NC(CO)CS(=O)c1ccc(O)cc1. The first-order valence-corrected chi connectivity index (χ1v) is 9.21. The van der Waals surface area contributed by atoms with Crippen LogP contribution in [0.3, 0.4) is 0 Å². The summed E-state index contributed by atoms with van der Waals surface area (Å²) in [7, 11) is -1.49. The van der Waals surface area contributed by atoms with Crippen LogP contribution in [0.4, 0.5) is 0 Å². The van der Waals surface area contributed by atoms with Crippen LogP contribution in [0.15, 0.2) is 50.9 Å². The standard InChI is InChI=1S/C17H19N3O6S/c1-11-8-16(24)19-17(25)20(11)7-6-15(23)18-12(9-21)10-27(26)14-4-2-13(22)3-5-14/h2-8,12,21-22H,9-10H2,1H3,(H,18,23)(H,19,24,25). The largest absolute Gasteiger partial charge is 0.508 e. The number of nitrogens with zero attached hydrogens (tertiary/aromatic N) is 1. The van der Waals surface area contributed by atoms with Crippen molar-refractivity contribution in [2.45, 2.75) is 17.9 Å². The average Bonchev–Trinajstić information content (AvgIpc) is 2.60. The molecule has 0 radical (unpaired) electrons. The summed E-state index contributed by atoms with van der Waals surface area (Å²) in [5, 5.41) is 21.1. The van der Waals surface area contributed by atoms with Gasteiger partial charge >= 0.3 is 5.69 Å². The second-order valence-electron chi connectivity index (χ2n) is 5.66. The second kappa shape index (κ2) is 9.10. The van der Waals surface area contributed by atoms with Gasteiger partial charge in [0.05, 0.1) is 29.2 Å². The molecule has 1 heterocycles. The topological polar surface area (TPSA) is 141 Å². The molecule has 0 saturated heterocycles. The monoisotopic (exact) mass is 393 g/mol. The van der Waals surface area contributed by atoms with E-state index in [4.69, 9.17) is 0 Å². The lowest BCUT2D eigenvalue weighted by atomic mass is 10.3. The second-order valence-corrected chi connectivity index (χ2v) is 7.16. The number of aliphatic hydroxyl groups is 1. The highest BCUT2D eigenvalue weighted by Crippen LogP contribution is 2.13. The van der Waals surface area contributed by atoms with Gasteiger partial charge in [0.1, 0.15) is 5.75 Å². The Hall–Kier alpha value is -2.98. The number of aromatic hydroxyl groups is 1. The van der Waals surface area contributed by atoms with E-state index in [-0.39, 0.29) is 11.5 Å². The summed E-state index contributed by atoms with van der Waals surface area (Å²) >= 11 is 0. The first-order chi connectivity index (χ1) is 12.8. The number of carbonyl (C=O) groups is 1. The Kier molecular flexibility index (Phi) is 6.85. The van der Waals surface area contributed by atoms with E-state index in [9.17, 15) is 28.8 Å². The predicted octanol–water partition coefficient (Wildman–Crippen LogP) is -0.694. The van der Waals surface area contributed by atoms with Gasteiger partial charge in [-0.3, -0.25) is 23.3 Å². The van der Waals surface area contributed by atoms with E-state index in [1.807, 2.05) is 0 Å². The zero-order chi connectivity index (χ0) is 20.0. The van der Waals surface area contributed by atoms with Crippen molar-refractivity contribution >= 4 is 22.9 Å². The summed E-state index contributed by atoms with van der Waals surface area (Å²) in [4.78, 5) is 37.4. The van der Waals surface area contributed by atoms with Crippen molar-refractivity contribution in [1.82, 2.24) is 14.9 Å². The number of aryl methyl sites for hydroxylation is 1. The molecule has 27 heavy (non-hydrogen) atoms. The molecule has 0 aliphatic carbocycles. The average molecular weight is 393 g/mol. The number of H-pyrrole nitrogens is 1. The van der Waals surface area contributed by atoms with Crippen LogP contribution < -0.4 is 16.6 Å². The highest BCUT2D eigenvalue weighted by Gasteiger charge is 2.15. The van der Waals surface area contributed by atoms with E-state index in [2.05, 4.69) is 10.3 Å². The van der Waals surface area contributed by atoms with Crippen LogP contribution in [0.5, 0.6) is 5.75 Å². The summed E-state index contributed by atoms with van der Waals surface area (Å²) < 4.78 is 13.4. The summed E-state index contributed by atoms with van der Waals surface area (Å²) in [6, 6.07) is 6.21. The van der Waals surface area contributed by atoms with Crippen molar-refractivity contribution in [2.75, 3.05) is 12.4 Å². The lowest BCUT2D eigenvalue weighted by molar-refractivity contribution is -0.117. The number of aliphatic hydroxyl groups excluding tert-OH is 1. The van der Waals surface area contributed by atoms with Crippen molar-refractivity contribution < 1.29 is 19.2 Å². The van der Waals surface area contributed by atoms with Crippen molar-refractivity contribution in [3.8, 4) is 5.75 Å². The number of nitrogens with one attached hydrogen (secondary N) is 2. The smallest absolute Gasteiger partial charge is 0.332 e. The Labute approximate surface area is 156 Å². The van der Waals surface area contributed by atoms with Crippen LogP contribution in [-0.2, 0) is 15.6 Å². The molecule has 0 aliphatic heterocycles. The van der Waals surface area contributed by atoms with Gasteiger partial charge in [-0.15, -0.1) is 0 Å². The molecule has 0 spiro atoms. The van der Waals surface area contributed by atoms with Gasteiger partial charge in [-0.05, 0) is 31.2 Å². The minimum atomic E-state index is -1.49. The fourth-order valence-electron chi connectivity index (χ4n) is 2.21. The number of phenols is 1. The number of amides is 1. The molecule has 0 saturated carbocycles. The summed E-state index contributed by atoms with van der Waals surface area (Å²) in [6.45, 7) is 1.11. The van der Waals surface area contributed by atoms with Gasteiger partial charge in [0.2, 0.25) is 5.91 Å². The molecule has 1 amide bonds. The molecule has 2 rings (SSSR count). The Balaban J connectivity index is 2.02. The minimum absolute atomic E-state index is 0.0293. The highest BCUT2D eigenvalue weighted by molar-refractivity contribution is 7.85. The third kappa shape index (κ3) is 5.76. The highest BCUT2D eigenvalue weighted by atomic mass is 32.2. The lowest BCUT2D eigenvalue weighted by Gasteiger charge is -2.15. The number of phenolic OH excluding ortho intramolecular Hbond substituents is 1. The van der Waals surface area contributed by atoms with Crippen LogP contribution in [0, 0.1) is 6.92 Å². The first kappa shape index (κ1) is 20.3. The summed E-state index contributed by atoms with van der Waals surface area (Å²) in [5.74, 6) is -0.590. The van der Waals surface area contributed by atoms with Gasteiger partial charge in [-0.25, -0.2) is 4.79 Å². The number of aromatic nitrogens is 2. The van der Waals surface area contributed by atoms with E-state index >= 15 is 0 Å². The fraction of sp³-hybridized carbons (Fsp3) is 0.235. The molecule has 144 valence electrons. The van der Waals surface area contributed by atoms with Gasteiger partial charge in [-0.1, -0.05) is 0 Å². The number of carbonyl (C=O) groups excluding carboxylic acids is 1. The Morgan fingerprint density at radius 3 is 2.59 bits per heavy atom. The molecule has 0 fully saturated rings. The fourth-order valence-corrected chi connectivity index (χ4v) is 3.40. The molecule has 2 aromatic rings. The number of rotatable bonds is 7. The number of hydrogen-bond acceptors (Lipinski definition) is 6. The summed E-state index contributed by atoms with van der Waals surface area (Å²) in [6.07, 6.45) is 2.26. The number of benzene rings is 1. The lowest BCUT2D eigenvalue weighted by Crippen LogP contribution is -2.40. The normalized spacial score (nSPS) is 13.4. The third-order valence-electron chi connectivity index (χ3n) is 3.56. The van der Waals surface area contributed by atoms with Crippen molar-refractivity contribution in [3.05, 3.63) is 62.9 Å². The van der Waals surface area contributed by atoms with E-state index in [1.165, 1.54) is 43.5 Å². The van der Waals surface area contributed by atoms with Crippen molar-refractivity contribution in [1.29, 1.82) is 0 Å². The van der Waals surface area contributed by atoms with E-state index in [1.54, 1.807) is 0 Å². The first-order valence-electron chi connectivity index (χ1n) is 7.89. The molecule has 1 aromatic heterocycles. The van der Waals surface area contributed by atoms with E-state index < -0.39 is 40.6 Å².